The van der Waals surface area contributed by atoms with E-state index in [0.717, 1.165) is 9.91 Å². The molecule has 0 bridgehead atoms. The van der Waals surface area contributed by atoms with Gasteiger partial charge in [-0.3, -0.25) is 19.5 Å². The highest BCUT2D eigenvalue weighted by Crippen LogP contribution is 2.20. The maximum atomic E-state index is 13.4. The summed E-state index contributed by atoms with van der Waals surface area (Å²) in [6, 6.07) is 5.81. The van der Waals surface area contributed by atoms with E-state index >= 15 is 0 Å². The van der Waals surface area contributed by atoms with Crippen LogP contribution in [0, 0.1) is 5.82 Å². The lowest BCUT2D eigenvalue weighted by Gasteiger charge is -2.31. The van der Waals surface area contributed by atoms with Gasteiger partial charge in [0.15, 0.2) is 0 Å². The van der Waals surface area contributed by atoms with Crippen molar-refractivity contribution >= 4 is 17.5 Å². The summed E-state index contributed by atoms with van der Waals surface area (Å²) < 4.78 is 13.4. The fourth-order valence-electron chi connectivity index (χ4n) is 1.52. The van der Waals surface area contributed by atoms with Crippen LogP contribution in [-0.4, -0.2) is 29.9 Å². The number of carbonyl (C=O) groups excluding carboxylic acids is 2. The van der Waals surface area contributed by atoms with Crippen molar-refractivity contribution in [2.45, 2.75) is 0 Å². The SMILES string of the molecule is NN1CC(=O)N(c2ccccc2F)CC1=O. The molecule has 0 radical (unpaired) electrons. The smallest absolute Gasteiger partial charge is 0.257 e. The predicted octanol–water partition coefficient (Wildman–Crippen LogP) is -0.125. The molecule has 1 aromatic carbocycles. The molecule has 1 saturated heterocycles. The summed E-state index contributed by atoms with van der Waals surface area (Å²) in [7, 11) is 0. The van der Waals surface area contributed by atoms with Crippen molar-refractivity contribution in [3.8, 4) is 0 Å². The number of amides is 2. The molecular weight excluding hydrogens is 213 g/mol. The molecule has 84 valence electrons. The first kappa shape index (κ1) is 10.6. The average Bonchev–Trinajstić information content (AvgIpc) is 2.25. The van der Waals surface area contributed by atoms with Crippen LogP contribution in [0.4, 0.5) is 10.1 Å². The third-order valence-electron chi connectivity index (χ3n) is 2.36. The molecule has 0 unspecified atom stereocenters. The van der Waals surface area contributed by atoms with Crippen LogP contribution in [0.15, 0.2) is 24.3 Å². The van der Waals surface area contributed by atoms with Gasteiger partial charge in [-0.2, -0.15) is 0 Å². The highest BCUT2D eigenvalue weighted by atomic mass is 19.1. The van der Waals surface area contributed by atoms with Crippen molar-refractivity contribution < 1.29 is 14.0 Å². The van der Waals surface area contributed by atoms with Gasteiger partial charge in [0.2, 0.25) is 5.91 Å². The topological polar surface area (TPSA) is 66.6 Å². The van der Waals surface area contributed by atoms with Gasteiger partial charge in [-0.1, -0.05) is 12.1 Å². The van der Waals surface area contributed by atoms with Gasteiger partial charge in [0.05, 0.1) is 5.69 Å². The normalized spacial score (nSPS) is 16.9. The average molecular weight is 223 g/mol. The number of carbonyl (C=O) groups is 2. The molecule has 0 aromatic heterocycles. The molecule has 1 aliphatic heterocycles. The third kappa shape index (κ3) is 1.74. The predicted molar refractivity (Wildman–Crippen MR) is 54.7 cm³/mol. The van der Waals surface area contributed by atoms with E-state index in [2.05, 4.69) is 0 Å². The third-order valence-corrected chi connectivity index (χ3v) is 2.36. The Labute approximate surface area is 91.2 Å². The number of piperazine rings is 1. The molecule has 1 aromatic rings. The zero-order chi connectivity index (χ0) is 11.7. The Hall–Kier alpha value is -1.95. The van der Waals surface area contributed by atoms with Crippen LogP contribution in [0.3, 0.4) is 0 Å². The van der Waals surface area contributed by atoms with Crippen LogP contribution < -0.4 is 10.7 Å². The van der Waals surface area contributed by atoms with Crippen LogP contribution in [0.1, 0.15) is 0 Å². The molecule has 1 aliphatic rings. The standard InChI is InChI=1S/C10H10FN3O2/c11-7-3-1-2-4-8(7)13-5-10(16)14(12)6-9(13)15/h1-4H,5-6,12H2. The molecule has 0 spiro atoms. The lowest BCUT2D eigenvalue weighted by atomic mass is 10.2. The largest absolute Gasteiger partial charge is 0.298 e. The number of nitrogens with two attached hydrogens (primary N) is 1. The van der Waals surface area contributed by atoms with Crippen LogP contribution in [0.25, 0.3) is 0 Å². The minimum Gasteiger partial charge on any atom is -0.298 e. The zero-order valence-electron chi connectivity index (χ0n) is 8.39. The van der Waals surface area contributed by atoms with Gasteiger partial charge in [-0.05, 0) is 12.1 Å². The minimum atomic E-state index is -0.533. The van der Waals surface area contributed by atoms with Crippen molar-refractivity contribution in [2.24, 2.45) is 5.84 Å². The molecule has 1 heterocycles. The number of benzene rings is 1. The van der Waals surface area contributed by atoms with E-state index in [1.54, 1.807) is 6.07 Å². The number of nitrogens with zero attached hydrogens (tertiary/aromatic N) is 2. The Morgan fingerprint density at radius 3 is 2.50 bits per heavy atom. The van der Waals surface area contributed by atoms with Crippen LogP contribution >= 0.6 is 0 Å². The van der Waals surface area contributed by atoms with Crippen molar-refractivity contribution in [1.29, 1.82) is 0 Å². The van der Waals surface area contributed by atoms with Crippen molar-refractivity contribution in [3.63, 3.8) is 0 Å². The molecule has 0 aliphatic carbocycles. The molecule has 2 amide bonds. The number of hydrogen-bond donors (Lipinski definition) is 1. The highest BCUT2D eigenvalue weighted by Gasteiger charge is 2.30. The first-order valence-corrected chi connectivity index (χ1v) is 4.69. The molecule has 2 rings (SSSR count). The zero-order valence-corrected chi connectivity index (χ0v) is 8.39. The molecule has 1 fully saturated rings. The summed E-state index contributed by atoms with van der Waals surface area (Å²) >= 11 is 0. The van der Waals surface area contributed by atoms with E-state index in [-0.39, 0.29) is 18.8 Å². The van der Waals surface area contributed by atoms with E-state index in [4.69, 9.17) is 5.84 Å². The van der Waals surface area contributed by atoms with Crippen molar-refractivity contribution in [2.75, 3.05) is 18.0 Å². The number of para-hydroxylation sites is 1. The molecular formula is C10H10FN3O2. The summed E-state index contributed by atoms with van der Waals surface area (Å²) in [5.74, 6) is 3.95. The second-order valence-corrected chi connectivity index (χ2v) is 3.45. The van der Waals surface area contributed by atoms with E-state index < -0.39 is 17.6 Å². The summed E-state index contributed by atoms with van der Waals surface area (Å²) in [6.07, 6.45) is 0. The molecule has 16 heavy (non-hydrogen) atoms. The van der Waals surface area contributed by atoms with Gasteiger partial charge in [-0.15, -0.1) is 0 Å². The summed E-state index contributed by atoms with van der Waals surface area (Å²) in [5.41, 5.74) is 0.106. The van der Waals surface area contributed by atoms with Crippen molar-refractivity contribution in [3.05, 3.63) is 30.1 Å². The van der Waals surface area contributed by atoms with E-state index in [1.165, 1.54) is 18.2 Å². The lowest BCUT2D eigenvalue weighted by molar-refractivity contribution is -0.138. The summed E-state index contributed by atoms with van der Waals surface area (Å²) in [6.45, 7) is -0.455. The molecule has 5 nitrogen and oxygen atoms in total. The van der Waals surface area contributed by atoms with Gasteiger partial charge in [0.1, 0.15) is 18.9 Å². The monoisotopic (exact) mass is 223 g/mol. The lowest BCUT2D eigenvalue weighted by Crippen LogP contribution is -2.56. The van der Waals surface area contributed by atoms with E-state index in [1.807, 2.05) is 0 Å². The second kappa shape index (κ2) is 3.90. The van der Waals surface area contributed by atoms with E-state index in [9.17, 15) is 14.0 Å². The van der Waals surface area contributed by atoms with Gasteiger partial charge in [-0.25, -0.2) is 10.2 Å². The summed E-state index contributed by atoms with van der Waals surface area (Å²) in [5, 5.41) is 0.833. The first-order valence-electron chi connectivity index (χ1n) is 4.69. The Morgan fingerprint density at radius 1 is 1.12 bits per heavy atom. The van der Waals surface area contributed by atoms with Crippen LogP contribution in [-0.2, 0) is 9.59 Å². The number of hydrazine groups is 1. The van der Waals surface area contributed by atoms with Crippen LogP contribution in [0.5, 0.6) is 0 Å². The minimum absolute atomic E-state index is 0.106. The summed E-state index contributed by atoms with van der Waals surface area (Å²) in [4.78, 5) is 24.0. The van der Waals surface area contributed by atoms with Gasteiger partial charge >= 0.3 is 0 Å². The second-order valence-electron chi connectivity index (χ2n) is 3.45. The number of halogens is 1. The Morgan fingerprint density at radius 2 is 1.81 bits per heavy atom. The van der Waals surface area contributed by atoms with Crippen molar-refractivity contribution in [1.82, 2.24) is 5.01 Å². The molecule has 6 heteroatoms. The fourth-order valence-corrected chi connectivity index (χ4v) is 1.52. The van der Waals surface area contributed by atoms with Gasteiger partial charge < -0.3 is 0 Å². The van der Waals surface area contributed by atoms with E-state index in [0.29, 0.717) is 0 Å². The molecule has 0 saturated carbocycles. The number of rotatable bonds is 1. The first-order chi connectivity index (χ1) is 7.59. The van der Waals surface area contributed by atoms with Gasteiger partial charge in [0, 0.05) is 0 Å². The Bertz CT molecular complexity index is 449. The fraction of sp³-hybridized carbons (Fsp3) is 0.200. The van der Waals surface area contributed by atoms with Crippen LogP contribution in [0.2, 0.25) is 0 Å². The van der Waals surface area contributed by atoms with Gasteiger partial charge in [0.25, 0.3) is 5.91 Å². The molecule has 0 atom stereocenters. The maximum absolute atomic E-state index is 13.4. The highest BCUT2D eigenvalue weighted by molar-refractivity contribution is 6.04. The Kier molecular flexibility index (Phi) is 2.57. The quantitative estimate of drug-likeness (QED) is 0.533. The number of hydrogen-bond acceptors (Lipinski definition) is 3. The Balaban J connectivity index is 2.31. The molecule has 2 N–H and O–H groups in total. The maximum Gasteiger partial charge on any atom is 0.257 e. The number of anilines is 1.